The maximum Gasteiger partial charge on any atom is 0.0702 e. The summed E-state index contributed by atoms with van der Waals surface area (Å²) in [5.41, 5.74) is 8.79. The maximum atomic E-state index is 6.10. The molecule has 2 nitrogen and oxygen atoms in total. The lowest BCUT2D eigenvalue weighted by Crippen LogP contribution is -2.37. The summed E-state index contributed by atoms with van der Waals surface area (Å²) in [4.78, 5) is 4.38. The first kappa shape index (κ1) is 11.7. The summed E-state index contributed by atoms with van der Waals surface area (Å²) in [6.45, 7) is 0.763. The Hall–Kier alpha value is -1.41. The third-order valence-corrected chi connectivity index (χ3v) is 4.42. The van der Waals surface area contributed by atoms with Gasteiger partial charge in [0.05, 0.1) is 5.52 Å². The van der Waals surface area contributed by atoms with Crippen LogP contribution in [0.25, 0.3) is 10.9 Å². The highest BCUT2D eigenvalue weighted by Crippen LogP contribution is 2.39. The second kappa shape index (κ2) is 4.69. The van der Waals surface area contributed by atoms with Crippen LogP contribution in [0.4, 0.5) is 0 Å². The average Bonchev–Trinajstić information content (AvgIpc) is 2.47. The third-order valence-electron chi connectivity index (χ3n) is 4.42. The fraction of sp³-hybridized carbons (Fsp3) is 0.438. The molecule has 0 spiro atoms. The van der Waals surface area contributed by atoms with E-state index in [4.69, 9.17) is 5.73 Å². The molecule has 3 rings (SSSR count). The summed E-state index contributed by atoms with van der Waals surface area (Å²) in [7, 11) is 0. The SMILES string of the molecule is NCC1(c2ccc3ncccc3c2)CCCCC1. The minimum Gasteiger partial charge on any atom is -0.330 e. The summed E-state index contributed by atoms with van der Waals surface area (Å²) < 4.78 is 0. The monoisotopic (exact) mass is 240 g/mol. The first-order valence-corrected chi connectivity index (χ1v) is 6.89. The summed E-state index contributed by atoms with van der Waals surface area (Å²) >= 11 is 0. The average molecular weight is 240 g/mol. The van der Waals surface area contributed by atoms with Gasteiger partial charge in [-0.05, 0) is 36.6 Å². The summed E-state index contributed by atoms with van der Waals surface area (Å²) in [5.74, 6) is 0. The van der Waals surface area contributed by atoms with Gasteiger partial charge in [-0.3, -0.25) is 4.98 Å². The molecule has 1 aliphatic carbocycles. The lowest BCUT2D eigenvalue weighted by atomic mass is 9.69. The van der Waals surface area contributed by atoms with Crippen molar-refractivity contribution in [3.63, 3.8) is 0 Å². The molecule has 2 N–H and O–H groups in total. The predicted molar refractivity (Wildman–Crippen MR) is 75.6 cm³/mol. The van der Waals surface area contributed by atoms with Crippen molar-refractivity contribution in [2.75, 3.05) is 6.54 Å². The van der Waals surface area contributed by atoms with Crippen LogP contribution in [-0.4, -0.2) is 11.5 Å². The van der Waals surface area contributed by atoms with Crippen LogP contribution >= 0.6 is 0 Å². The Morgan fingerprint density at radius 3 is 2.72 bits per heavy atom. The van der Waals surface area contributed by atoms with E-state index in [1.807, 2.05) is 12.3 Å². The van der Waals surface area contributed by atoms with Crippen molar-refractivity contribution in [3.8, 4) is 0 Å². The second-order valence-electron chi connectivity index (χ2n) is 5.46. The van der Waals surface area contributed by atoms with Gasteiger partial charge in [0.1, 0.15) is 0 Å². The number of hydrogen-bond donors (Lipinski definition) is 1. The zero-order valence-corrected chi connectivity index (χ0v) is 10.7. The van der Waals surface area contributed by atoms with Crippen molar-refractivity contribution in [1.29, 1.82) is 0 Å². The van der Waals surface area contributed by atoms with E-state index in [1.165, 1.54) is 43.1 Å². The molecule has 2 aromatic rings. The van der Waals surface area contributed by atoms with E-state index in [0.29, 0.717) is 0 Å². The van der Waals surface area contributed by atoms with Crippen molar-refractivity contribution in [2.45, 2.75) is 37.5 Å². The smallest absolute Gasteiger partial charge is 0.0702 e. The number of pyridine rings is 1. The molecule has 0 atom stereocenters. The van der Waals surface area contributed by atoms with Crippen LogP contribution in [0.5, 0.6) is 0 Å². The third kappa shape index (κ3) is 1.91. The van der Waals surface area contributed by atoms with Gasteiger partial charge in [-0.25, -0.2) is 0 Å². The lowest BCUT2D eigenvalue weighted by molar-refractivity contribution is 0.301. The number of benzene rings is 1. The molecular formula is C16H20N2. The van der Waals surface area contributed by atoms with E-state index in [9.17, 15) is 0 Å². The molecule has 1 aromatic carbocycles. The van der Waals surface area contributed by atoms with E-state index in [0.717, 1.165) is 12.1 Å². The van der Waals surface area contributed by atoms with E-state index in [1.54, 1.807) is 0 Å². The van der Waals surface area contributed by atoms with Crippen molar-refractivity contribution >= 4 is 10.9 Å². The molecule has 0 aliphatic heterocycles. The Morgan fingerprint density at radius 1 is 1.11 bits per heavy atom. The number of fused-ring (bicyclic) bond motifs is 1. The molecule has 1 heterocycles. The van der Waals surface area contributed by atoms with E-state index >= 15 is 0 Å². The van der Waals surface area contributed by atoms with Crippen LogP contribution < -0.4 is 5.73 Å². The van der Waals surface area contributed by atoms with Gasteiger partial charge in [-0.2, -0.15) is 0 Å². The standard InChI is InChI=1S/C16H20N2/c17-12-16(8-2-1-3-9-16)14-6-7-15-13(11-14)5-4-10-18-15/h4-7,10-11H,1-3,8-9,12,17H2. The minimum absolute atomic E-state index is 0.211. The van der Waals surface area contributed by atoms with Crippen LogP contribution in [-0.2, 0) is 5.41 Å². The van der Waals surface area contributed by atoms with Crippen LogP contribution in [0.15, 0.2) is 36.5 Å². The summed E-state index contributed by atoms with van der Waals surface area (Å²) in [6.07, 6.45) is 8.29. The van der Waals surface area contributed by atoms with Crippen molar-refractivity contribution < 1.29 is 0 Å². The predicted octanol–water partition coefficient (Wildman–Crippen LogP) is 3.40. The van der Waals surface area contributed by atoms with Crippen LogP contribution in [0.1, 0.15) is 37.7 Å². The van der Waals surface area contributed by atoms with E-state index in [-0.39, 0.29) is 5.41 Å². The molecule has 2 heteroatoms. The van der Waals surface area contributed by atoms with Gasteiger partial charge < -0.3 is 5.73 Å². The molecule has 0 unspecified atom stereocenters. The zero-order chi connectivity index (χ0) is 12.4. The lowest BCUT2D eigenvalue weighted by Gasteiger charge is -2.37. The molecule has 1 fully saturated rings. The summed E-state index contributed by atoms with van der Waals surface area (Å²) in [6, 6.07) is 10.8. The quantitative estimate of drug-likeness (QED) is 0.873. The Labute approximate surface area is 108 Å². The fourth-order valence-electron chi connectivity index (χ4n) is 3.24. The van der Waals surface area contributed by atoms with Crippen molar-refractivity contribution in [3.05, 3.63) is 42.1 Å². The second-order valence-corrected chi connectivity index (χ2v) is 5.46. The van der Waals surface area contributed by atoms with Gasteiger partial charge in [0.2, 0.25) is 0 Å². The Kier molecular flexibility index (Phi) is 3.04. The molecule has 0 saturated heterocycles. The number of rotatable bonds is 2. The molecule has 0 bridgehead atoms. The molecule has 0 amide bonds. The topological polar surface area (TPSA) is 38.9 Å². The fourth-order valence-corrected chi connectivity index (χ4v) is 3.24. The van der Waals surface area contributed by atoms with Crippen LogP contribution in [0.2, 0.25) is 0 Å². The highest BCUT2D eigenvalue weighted by atomic mass is 14.6. The van der Waals surface area contributed by atoms with Gasteiger partial charge in [0.25, 0.3) is 0 Å². The molecule has 1 saturated carbocycles. The Bertz CT molecular complexity index is 542. The molecule has 1 aliphatic rings. The Balaban J connectivity index is 2.06. The molecule has 18 heavy (non-hydrogen) atoms. The summed E-state index contributed by atoms with van der Waals surface area (Å²) in [5, 5.41) is 1.23. The molecule has 1 aromatic heterocycles. The van der Waals surface area contributed by atoms with Crippen LogP contribution in [0, 0.1) is 0 Å². The molecule has 0 radical (unpaired) electrons. The van der Waals surface area contributed by atoms with Gasteiger partial charge in [0.15, 0.2) is 0 Å². The molecule has 94 valence electrons. The number of hydrogen-bond acceptors (Lipinski definition) is 2. The van der Waals surface area contributed by atoms with Crippen LogP contribution in [0.3, 0.4) is 0 Å². The Morgan fingerprint density at radius 2 is 1.94 bits per heavy atom. The van der Waals surface area contributed by atoms with Gasteiger partial charge >= 0.3 is 0 Å². The van der Waals surface area contributed by atoms with Crippen molar-refractivity contribution in [2.24, 2.45) is 5.73 Å². The van der Waals surface area contributed by atoms with E-state index < -0.39 is 0 Å². The highest BCUT2D eigenvalue weighted by Gasteiger charge is 2.32. The van der Waals surface area contributed by atoms with Gasteiger partial charge in [0, 0.05) is 23.5 Å². The largest absolute Gasteiger partial charge is 0.330 e. The number of nitrogens with zero attached hydrogens (tertiary/aromatic N) is 1. The number of nitrogens with two attached hydrogens (primary N) is 1. The zero-order valence-electron chi connectivity index (χ0n) is 10.7. The number of aromatic nitrogens is 1. The normalized spacial score (nSPS) is 18.9. The maximum absolute atomic E-state index is 6.10. The van der Waals surface area contributed by atoms with Crippen molar-refractivity contribution in [1.82, 2.24) is 4.98 Å². The van der Waals surface area contributed by atoms with Gasteiger partial charge in [-0.1, -0.05) is 31.4 Å². The first-order valence-electron chi connectivity index (χ1n) is 6.89. The van der Waals surface area contributed by atoms with E-state index in [2.05, 4.69) is 29.2 Å². The first-order chi connectivity index (χ1) is 8.84. The minimum atomic E-state index is 0.211. The molecular weight excluding hydrogens is 220 g/mol. The highest BCUT2D eigenvalue weighted by molar-refractivity contribution is 5.79. The van der Waals surface area contributed by atoms with Gasteiger partial charge in [-0.15, -0.1) is 0 Å².